The second-order valence-corrected chi connectivity index (χ2v) is 6.12. The quantitative estimate of drug-likeness (QED) is 0.830. The Balaban J connectivity index is 2.03. The molecule has 0 aromatic heterocycles. The highest BCUT2D eigenvalue weighted by Gasteiger charge is 2.21. The van der Waals surface area contributed by atoms with Crippen molar-refractivity contribution in [1.29, 1.82) is 0 Å². The monoisotopic (exact) mass is 290 g/mol. The zero-order valence-electron chi connectivity index (χ0n) is 13.8. The molecule has 1 atom stereocenters. The summed E-state index contributed by atoms with van der Waals surface area (Å²) in [7, 11) is 1.81. The first kappa shape index (κ1) is 16.3. The van der Waals surface area contributed by atoms with Gasteiger partial charge in [0.2, 0.25) is 0 Å². The van der Waals surface area contributed by atoms with Gasteiger partial charge in [-0.2, -0.15) is 0 Å². The van der Waals surface area contributed by atoms with Gasteiger partial charge in [-0.15, -0.1) is 0 Å². The highest BCUT2D eigenvalue weighted by Crippen LogP contribution is 2.30. The number of rotatable bonds is 7. The van der Waals surface area contributed by atoms with Gasteiger partial charge in [-0.25, -0.2) is 0 Å². The Morgan fingerprint density at radius 3 is 2.67 bits per heavy atom. The molecular formula is C18H30N2O. The van der Waals surface area contributed by atoms with Crippen LogP contribution in [0.1, 0.15) is 44.7 Å². The molecule has 0 spiro atoms. The van der Waals surface area contributed by atoms with Crippen molar-refractivity contribution in [2.24, 2.45) is 5.92 Å². The van der Waals surface area contributed by atoms with Crippen LogP contribution in [0.25, 0.3) is 0 Å². The fourth-order valence-electron chi connectivity index (χ4n) is 3.19. The lowest BCUT2D eigenvalue weighted by Gasteiger charge is -2.35. The van der Waals surface area contributed by atoms with Crippen LogP contribution < -0.4 is 10.2 Å². The molecule has 118 valence electrons. The number of hydrogen-bond donors (Lipinski definition) is 1. The number of piperidine rings is 1. The Labute approximate surface area is 129 Å². The standard InChI is InChI=1S/C18H30N2O/c1-4-11-19-15(2)17-7-5-6-8-18(17)20-12-9-16(10-13-20)14-21-3/h5-8,15-16,19H,4,9-14H2,1-3H3. The molecule has 1 fully saturated rings. The molecule has 3 nitrogen and oxygen atoms in total. The molecule has 0 saturated carbocycles. The second kappa shape index (κ2) is 8.40. The number of nitrogens with one attached hydrogen (secondary N) is 1. The van der Waals surface area contributed by atoms with Crippen LogP contribution in [-0.4, -0.2) is 33.4 Å². The first-order chi connectivity index (χ1) is 10.3. The summed E-state index contributed by atoms with van der Waals surface area (Å²) in [5.41, 5.74) is 2.83. The largest absolute Gasteiger partial charge is 0.384 e. The van der Waals surface area contributed by atoms with E-state index in [-0.39, 0.29) is 0 Å². The van der Waals surface area contributed by atoms with Crippen molar-refractivity contribution in [3.05, 3.63) is 29.8 Å². The molecule has 0 amide bonds. The fraction of sp³-hybridized carbons (Fsp3) is 0.667. The minimum atomic E-state index is 0.415. The van der Waals surface area contributed by atoms with E-state index in [9.17, 15) is 0 Å². The van der Waals surface area contributed by atoms with Crippen LogP contribution in [0.5, 0.6) is 0 Å². The minimum absolute atomic E-state index is 0.415. The van der Waals surface area contributed by atoms with Crippen LogP contribution >= 0.6 is 0 Å². The van der Waals surface area contributed by atoms with E-state index in [4.69, 9.17) is 4.74 Å². The van der Waals surface area contributed by atoms with Gasteiger partial charge in [-0.05, 0) is 50.3 Å². The van der Waals surface area contributed by atoms with Gasteiger partial charge in [-0.1, -0.05) is 25.1 Å². The lowest BCUT2D eigenvalue weighted by Crippen LogP contribution is -2.36. The van der Waals surface area contributed by atoms with E-state index in [1.165, 1.54) is 30.5 Å². The van der Waals surface area contributed by atoms with Crippen molar-refractivity contribution in [1.82, 2.24) is 5.32 Å². The number of benzene rings is 1. The molecule has 1 aromatic rings. The van der Waals surface area contributed by atoms with Crippen LogP contribution in [0.4, 0.5) is 5.69 Å². The Kier molecular flexibility index (Phi) is 6.52. The Bertz CT molecular complexity index is 413. The van der Waals surface area contributed by atoms with E-state index in [2.05, 4.69) is 48.3 Å². The summed E-state index contributed by atoms with van der Waals surface area (Å²) in [6.07, 6.45) is 3.65. The van der Waals surface area contributed by atoms with E-state index in [0.717, 1.165) is 32.2 Å². The number of hydrogen-bond acceptors (Lipinski definition) is 3. The summed E-state index contributed by atoms with van der Waals surface area (Å²) in [6.45, 7) is 8.75. The minimum Gasteiger partial charge on any atom is -0.384 e. The van der Waals surface area contributed by atoms with Crippen molar-refractivity contribution >= 4 is 5.69 Å². The maximum Gasteiger partial charge on any atom is 0.0491 e. The predicted octanol–water partition coefficient (Wildman–Crippen LogP) is 3.61. The highest BCUT2D eigenvalue weighted by atomic mass is 16.5. The molecule has 0 bridgehead atoms. The summed E-state index contributed by atoms with van der Waals surface area (Å²) in [4.78, 5) is 2.55. The van der Waals surface area contributed by atoms with Crippen molar-refractivity contribution in [2.45, 2.75) is 39.2 Å². The SMILES string of the molecule is CCCNC(C)c1ccccc1N1CCC(COC)CC1. The van der Waals surface area contributed by atoms with Gasteiger partial charge < -0.3 is 15.0 Å². The molecule has 1 aliphatic heterocycles. The van der Waals surface area contributed by atoms with E-state index in [0.29, 0.717) is 6.04 Å². The topological polar surface area (TPSA) is 24.5 Å². The van der Waals surface area contributed by atoms with Crippen molar-refractivity contribution in [3.63, 3.8) is 0 Å². The maximum atomic E-state index is 5.30. The van der Waals surface area contributed by atoms with Crippen LogP contribution in [0, 0.1) is 5.92 Å². The summed E-state index contributed by atoms with van der Waals surface area (Å²) in [5.74, 6) is 0.731. The van der Waals surface area contributed by atoms with E-state index in [1.54, 1.807) is 0 Å². The number of methoxy groups -OCH3 is 1. The van der Waals surface area contributed by atoms with Gasteiger partial charge in [0.25, 0.3) is 0 Å². The number of anilines is 1. The number of ether oxygens (including phenoxy) is 1. The van der Waals surface area contributed by atoms with Crippen LogP contribution in [-0.2, 0) is 4.74 Å². The summed E-state index contributed by atoms with van der Waals surface area (Å²) >= 11 is 0. The van der Waals surface area contributed by atoms with Crippen LogP contribution in [0.15, 0.2) is 24.3 Å². The average molecular weight is 290 g/mol. The Morgan fingerprint density at radius 1 is 1.29 bits per heavy atom. The van der Waals surface area contributed by atoms with Crippen LogP contribution in [0.3, 0.4) is 0 Å². The Morgan fingerprint density at radius 2 is 2.00 bits per heavy atom. The maximum absolute atomic E-state index is 5.30. The fourth-order valence-corrected chi connectivity index (χ4v) is 3.19. The van der Waals surface area contributed by atoms with Crippen molar-refractivity contribution in [2.75, 3.05) is 38.3 Å². The van der Waals surface area contributed by atoms with Gasteiger partial charge in [0.15, 0.2) is 0 Å². The third-order valence-electron chi connectivity index (χ3n) is 4.46. The molecule has 3 heteroatoms. The lowest BCUT2D eigenvalue weighted by molar-refractivity contribution is 0.139. The van der Waals surface area contributed by atoms with Gasteiger partial charge in [0, 0.05) is 38.5 Å². The normalized spacial score (nSPS) is 18.0. The highest BCUT2D eigenvalue weighted by molar-refractivity contribution is 5.55. The Hall–Kier alpha value is -1.06. The molecule has 2 rings (SSSR count). The third kappa shape index (κ3) is 4.45. The average Bonchev–Trinajstić information content (AvgIpc) is 2.54. The van der Waals surface area contributed by atoms with Crippen molar-refractivity contribution < 1.29 is 4.74 Å². The number of nitrogens with zero attached hydrogens (tertiary/aromatic N) is 1. The molecule has 1 aliphatic rings. The van der Waals surface area contributed by atoms with E-state index >= 15 is 0 Å². The molecule has 1 N–H and O–H groups in total. The summed E-state index contributed by atoms with van der Waals surface area (Å²) < 4.78 is 5.30. The van der Waals surface area contributed by atoms with Gasteiger partial charge >= 0.3 is 0 Å². The smallest absolute Gasteiger partial charge is 0.0491 e. The van der Waals surface area contributed by atoms with Gasteiger partial charge in [-0.3, -0.25) is 0 Å². The van der Waals surface area contributed by atoms with Gasteiger partial charge in [0.05, 0.1) is 0 Å². The molecule has 1 heterocycles. The summed E-state index contributed by atoms with van der Waals surface area (Å²) in [5, 5.41) is 3.61. The van der Waals surface area contributed by atoms with Crippen molar-refractivity contribution in [3.8, 4) is 0 Å². The zero-order valence-corrected chi connectivity index (χ0v) is 13.8. The molecule has 0 aliphatic carbocycles. The van der Waals surface area contributed by atoms with Gasteiger partial charge in [0.1, 0.15) is 0 Å². The summed E-state index contributed by atoms with van der Waals surface area (Å²) in [6, 6.07) is 9.27. The lowest BCUT2D eigenvalue weighted by atomic mass is 9.96. The first-order valence-electron chi connectivity index (χ1n) is 8.32. The molecule has 1 saturated heterocycles. The predicted molar refractivity (Wildman–Crippen MR) is 90.0 cm³/mol. The van der Waals surface area contributed by atoms with E-state index in [1.807, 2.05) is 7.11 Å². The number of para-hydroxylation sites is 1. The molecular weight excluding hydrogens is 260 g/mol. The first-order valence-corrected chi connectivity index (χ1v) is 8.32. The van der Waals surface area contributed by atoms with Crippen LogP contribution in [0.2, 0.25) is 0 Å². The molecule has 0 radical (unpaired) electrons. The van der Waals surface area contributed by atoms with E-state index < -0.39 is 0 Å². The molecule has 1 unspecified atom stereocenters. The third-order valence-corrected chi connectivity index (χ3v) is 4.46. The second-order valence-electron chi connectivity index (χ2n) is 6.12. The molecule has 1 aromatic carbocycles. The zero-order chi connectivity index (χ0) is 15.1. The molecule has 21 heavy (non-hydrogen) atoms.